The Morgan fingerprint density at radius 1 is 0.585 bits per heavy atom. The van der Waals surface area contributed by atoms with Crippen LogP contribution >= 0.6 is 15.9 Å². The van der Waals surface area contributed by atoms with Crippen LogP contribution in [0.3, 0.4) is 0 Å². The van der Waals surface area contributed by atoms with Crippen molar-refractivity contribution in [2.45, 2.75) is 57.8 Å². The number of nitrogens with one attached hydrogen (secondary N) is 2. The van der Waals surface area contributed by atoms with Crippen molar-refractivity contribution in [1.29, 1.82) is 0 Å². The second kappa shape index (κ2) is 20.2. The van der Waals surface area contributed by atoms with Crippen LogP contribution in [0, 0.1) is 0 Å². The zero-order valence-corrected chi connectivity index (χ0v) is 31.1. The highest BCUT2D eigenvalue weighted by Crippen LogP contribution is 2.47. The maximum absolute atomic E-state index is 9.75. The number of rotatable bonds is 8. The summed E-state index contributed by atoms with van der Waals surface area (Å²) in [6, 6.07) is 18.3. The van der Waals surface area contributed by atoms with Crippen LogP contribution < -0.4 is 19.4 Å². The summed E-state index contributed by atoms with van der Waals surface area (Å²) < 4.78 is 84.4. The van der Waals surface area contributed by atoms with Gasteiger partial charge in [-0.2, -0.15) is 10.2 Å². The Labute approximate surface area is 313 Å². The number of ether oxygens (including phenoxy) is 1. The van der Waals surface area contributed by atoms with Crippen molar-refractivity contribution in [3.63, 3.8) is 0 Å². The zero-order chi connectivity index (χ0) is 38.4. The van der Waals surface area contributed by atoms with Gasteiger partial charge in [-0.3, -0.25) is 4.90 Å². The summed E-state index contributed by atoms with van der Waals surface area (Å²) in [7, 11) is -10.3. The first-order valence-corrected chi connectivity index (χ1v) is 18.6. The molecule has 290 valence electrons. The Kier molecular flexibility index (Phi) is 16.1. The normalized spacial score (nSPS) is 17.7. The smallest absolute Gasteiger partial charge is 0.497 e. The van der Waals surface area contributed by atoms with E-state index in [1.165, 1.54) is 84.6 Å². The predicted octanol–water partition coefficient (Wildman–Crippen LogP) is 10.3. The molecule has 3 fully saturated rings. The van der Waals surface area contributed by atoms with Gasteiger partial charge in [-0.1, -0.05) is 15.9 Å². The molecule has 3 saturated heterocycles. The van der Waals surface area contributed by atoms with Crippen molar-refractivity contribution in [3.8, 4) is 5.75 Å². The third-order valence-electron chi connectivity index (χ3n) is 9.03. The van der Waals surface area contributed by atoms with E-state index in [-0.39, 0.29) is 0 Å². The summed E-state index contributed by atoms with van der Waals surface area (Å²) in [5.41, 5.74) is 7.27. The number of halogens is 9. The number of anilines is 1. The molecule has 0 amide bonds. The molecule has 3 aromatic carbocycles. The highest BCUT2D eigenvalue weighted by atomic mass is 79.9. The van der Waals surface area contributed by atoms with Crippen LogP contribution in [0.4, 0.5) is 74.3 Å². The third-order valence-corrected chi connectivity index (χ3v) is 9.56. The topological polar surface area (TPSA) is 70.8 Å². The molecule has 0 aliphatic carbocycles. The van der Waals surface area contributed by atoms with Gasteiger partial charge in [0.05, 0.1) is 50.4 Å². The van der Waals surface area contributed by atoms with Crippen LogP contribution in [0.1, 0.15) is 57.8 Å². The number of hydrogen-bond donors (Lipinski definition) is 2. The molecule has 2 N–H and O–H groups in total. The number of nitrogens with zero attached hydrogens (tertiary/aromatic N) is 5. The SMILES string of the molecule is COc1ccc(N=Nc2c(N3CCCCC3)cc([NH+]3CCCCC3)c(N=Nc3ccc(Br)cc3)c2[NH+]2CCCCC2)cc1.F[B-](F)(F)F.F[B-](F)(F)F. The second-order valence-electron chi connectivity index (χ2n) is 13.0. The van der Waals surface area contributed by atoms with Crippen LogP contribution in [-0.2, 0) is 0 Å². The largest absolute Gasteiger partial charge is 0.673 e. The van der Waals surface area contributed by atoms with Crippen LogP contribution in [0.5, 0.6) is 5.75 Å². The van der Waals surface area contributed by atoms with E-state index in [0.29, 0.717) is 0 Å². The molecular formula is C34H44B2BrF8N7O. The maximum Gasteiger partial charge on any atom is 0.673 e. The van der Waals surface area contributed by atoms with Gasteiger partial charge in [0.25, 0.3) is 0 Å². The lowest BCUT2D eigenvalue weighted by atomic mass is 10.0. The second-order valence-corrected chi connectivity index (χ2v) is 13.9. The van der Waals surface area contributed by atoms with E-state index in [1.807, 2.05) is 48.5 Å². The molecule has 3 heterocycles. The predicted molar refractivity (Wildman–Crippen MR) is 197 cm³/mol. The van der Waals surface area contributed by atoms with Gasteiger partial charge >= 0.3 is 14.5 Å². The first kappa shape index (κ1) is 42.2. The summed E-state index contributed by atoms with van der Waals surface area (Å²) in [5.74, 6) is 0.816. The van der Waals surface area contributed by atoms with E-state index in [4.69, 9.17) is 25.2 Å². The molecule has 0 bridgehead atoms. The molecule has 0 aromatic heterocycles. The zero-order valence-electron chi connectivity index (χ0n) is 29.5. The highest BCUT2D eigenvalue weighted by molar-refractivity contribution is 9.10. The minimum atomic E-state index is -6.00. The Bertz CT molecular complexity index is 1610. The Balaban J connectivity index is 0.000000556. The van der Waals surface area contributed by atoms with Crippen LogP contribution in [0.25, 0.3) is 0 Å². The van der Waals surface area contributed by atoms with E-state index < -0.39 is 14.5 Å². The lowest BCUT2D eigenvalue weighted by molar-refractivity contribution is -0.842. The van der Waals surface area contributed by atoms with Crippen molar-refractivity contribution in [3.05, 3.63) is 59.1 Å². The molecule has 0 atom stereocenters. The number of quaternary nitrogens is 2. The Hall–Kier alpha value is -3.57. The van der Waals surface area contributed by atoms with Gasteiger partial charge in [0.15, 0.2) is 17.1 Å². The molecule has 0 saturated carbocycles. The lowest BCUT2D eigenvalue weighted by Crippen LogP contribution is -3.09. The van der Waals surface area contributed by atoms with E-state index in [9.17, 15) is 34.5 Å². The van der Waals surface area contributed by atoms with Crippen LogP contribution in [-0.4, -0.2) is 60.9 Å². The first-order chi connectivity index (χ1) is 25.2. The summed E-state index contributed by atoms with van der Waals surface area (Å²) in [4.78, 5) is 5.53. The van der Waals surface area contributed by atoms with Gasteiger partial charge in [-0.25, -0.2) is 0 Å². The lowest BCUT2D eigenvalue weighted by Gasteiger charge is -2.33. The van der Waals surface area contributed by atoms with Crippen molar-refractivity contribution in [2.75, 3.05) is 51.3 Å². The molecule has 3 aromatic rings. The maximum atomic E-state index is 9.75. The molecule has 6 rings (SSSR count). The molecule has 3 aliphatic heterocycles. The van der Waals surface area contributed by atoms with E-state index in [2.05, 4.69) is 26.9 Å². The fourth-order valence-corrected chi connectivity index (χ4v) is 6.95. The fourth-order valence-electron chi connectivity index (χ4n) is 6.68. The first-order valence-electron chi connectivity index (χ1n) is 17.8. The number of hydrogen-bond acceptors (Lipinski definition) is 6. The molecule has 53 heavy (non-hydrogen) atoms. The van der Waals surface area contributed by atoms with Crippen molar-refractivity contribution in [2.24, 2.45) is 20.5 Å². The molecule has 0 unspecified atom stereocenters. The average molecular weight is 820 g/mol. The number of piperidine rings is 3. The third kappa shape index (κ3) is 14.6. The molecular weight excluding hydrogens is 776 g/mol. The van der Waals surface area contributed by atoms with Gasteiger partial charge in [0.1, 0.15) is 5.75 Å². The summed E-state index contributed by atoms with van der Waals surface area (Å²) in [5, 5.41) is 19.9. The molecule has 3 aliphatic rings. The number of azo groups is 2. The van der Waals surface area contributed by atoms with Crippen LogP contribution in [0.15, 0.2) is 79.5 Å². The van der Waals surface area contributed by atoms with E-state index in [0.717, 1.165) is 72.2 Å². The molecule has 0 radical (unpaired) electrons. The minimum absolute atomic E-state index is 0.814. The standard InChI is InChI=1S/C34H42BrN7O.2BF4/c1-43-29-17-15-28(16-18-29)37-39-33-31(41-21-7-3-8-22-41)25-30(40-19-5-2-6-20-40)32(34(33)42-23-9-4-10-24-42)38-36-27-13-11-26(35)12-14-27;2*2-1(3,4)5/h11-18,25H,2-10,19-24H2,1H3;;/q;2*-1/p+2. The molecule has 8 nitrogen and oxygen atoms in total. The van der Waals surface area contributed by atoms with Gasteiger partial charge < -0.3 is 49.1 Å². The van der Waals surface area contributed by atoms with E-state index in [1.54, 1.807) is 7.11 Å². The fraction of sp³-hybridized carbons (Fsp3) is 0.471. The van der Waals surface area contributed by atoms with Gasteiger partial charge in [0, 0.05) is 23.6 Å². The average Bonchev–Trinajstić information content (AvgIpc) is 3.13. The van der Waals surface area contributed by atoms with Crippen molar-refractivity contribution >= 4 is 70.3 Å². The van der Waals surface area contributed by atoms with Gasteiger partial charge in [0.2, 0.25) is 5.69 Å². The summed E-state index contributed by atoms with van der Waals surface area (Å²) in [6.07, 6.45) is 11.2. The monoisotopic (exact) mass is 819 g/mol. The van der Waals surface area contributed by atoms with Crippen molar-refractivity contribution < 1.29 is 49.1 Å². The minimum Gasteiger partial charge on any atom is -0.497 e. The van der Waals surface area contributed by atoms with Crippen molar-refractivity contribution in [1.82, 2.24) is 0 Å². The van der Waals surface area contributed by atoms with Gasteiger partial charge in [-0.15, -0.1) is 10.2 Å². The highest BCUT2D eigenvalue weighted by Gasteiger charge is 2.35. The molecule has 0 spiro atoms. The molecule has 19 heteroatoms. The van der Waals surface area contributed by atoms with E-state index >= 15 is 0 Å². The summed E-state index contributed by atoms with van der Waals surface area (Å²) >= 11 is 3.56. The van der Waals surface area contributed by atoms with Crippen LogP contribution in [0.2, 0.25) is 0 Å². The number of benzene rings is 3. The Morgan fingerprint density at radius 2 is 1.02 bits per heavy atom. The number of methoxy groups -OCH3 is 1. The Morgan fingerprint density at radius 3 is 1.51 bits per heavy atom. The quantitative estimate of drug-likeness (QED) is 0.135. The van der Waals surface area contributed by atoms with Gasteiger partial charge in [-0.05, 0) is 106 Å². The summed E-state index contributed by atoms with van der Waals surface area (Å²) in [6.45, 7) is 6.50.